The number of rotatable bonds is 5. The molecule has 4 aromatic rings. The number of hydrogen-bond donors (Lipinski definition) is 0. The Morgan fingerprint density at radius 1 is 0.971 bits per heavy atom. The zero-order chi connectivity index (χ0) is 23.7. The van der Waals surface area contributed by atoms with Crippen molar-refractivity contribution in [3.63, 3.8) is 0 Å². The van der Waals surface area contributed by atoms with E-state index in [4.69, 9.17) is 18.6 Å². The zero-order valence-electron chi connectivity index (χ0n) is 18.4. The molecule has 8 nitrogen and oxygen atoms in total. The van der Waals surface area contributed by atoms with Crippen molar-refractivity contribution in [2.24, 2.45) is 0 Å². The predicted octanol–water partition coefficient (Wildman–Crippen LogP) is 5.42. The van der Waals surface area contributed by atoms with E-state index in [1.807, 2.05) is 18.2 Å². The van der Waals surface area contributed by atoms with Crippen molar-refractivity contribution in [2.75, 3.05) is 13.2 Å². The largest absolute Gasteiger partial charge is 0.490 e. The highest BCUT2D eigenvalue weighted by atomic mass is 16.6. The topological polar surface area (TPSA) is 101 Å². The second-order valence-electron chi connectivity index (χ2n) is 7.94. The van der Waals surface area contributed by atoms with Crippen LogP contribution >= 0.6 is 0 Å². The first kappa shape index (κ1) is 21.5. The van der Waals surface area contributed by atoms with Gasteiger partial charge in [-0.05, 0) is 54.4 Å². The summed E-state index contributed by atoms with van der Waals surface area (Å²) in [5.41, 5.74) is 2.26. The molecule has 0 bridgehead atoms. The van der Waals surface area contributed by atoms with Gasteiger partial charge < -0.3 is 18.6 Å². The molecule has 1 aromatic heterocycles. The van der Waals surface area contributed by atoms with Crippen LogP contribution in [0.2, 0.25) is 0 Å². The first-order chi connectivity index (χ1) is 16.5. The number of fused-ring (bicyclic) bond motifs is 2. The standard InChI is InChI=1S/C26H21NO7/c1-16-25(18-5-10-22-24(13-18)32-12-2-11-31-22)26(28)21-9-8-20(14-23(21)34-16)33-15-17-3-6-19(7-4-17)27(29)30/h3-10,13-14H,2,11-12,15H2,1H3. The third-order valence-corrected chi connectivity index (χ3v) is 5.63. The molecule has 3 aromatic carbocycles. The van der Waals surface area contributed by atoms with Crippen molar-refractivity contribution in [2.45, 2.75) is 20.0 Å². The minimum Gasteiger partial charge on any atom is -0.490 e. The van der Waals surface area contributed by atoms with Gasteiger partial charge in [0.2, 0.25) is 5.43 Å². The average Bonchev–Trinajstić information content (AvgIpc) is 3.08. The SMILES string of the molecule is Cc1oc2cc(OCc3ccc([N+](=O)[O-])cc3)ccc2c(=O)c1-c1ccc2c(c1)OCCCO2. The molecule has 0 spiro atoms. The first-order valence-corrected chi connectivity index (χ1v) is 10.8. The fourth-order valence-corrected chi connectivity index (χ4v) is 3.91. The number of nitro benzene ring substituents is 1. The van der Waals surface area contributed by atoms with Gasteiger partial charge in [0.15, 0.2) is 11.5 Å². The monoisotopic (exact) mass is 459 g/mol. The van der Waals surface area contributed by atoms with Crippen LogP contribution < -0.4 is 19.6 Å². The lowest BCUT2D eigenvalue weighted by molar-refractivity contribution is -0.384. The molecule has 0 amide bonds. The molecule has 34 heavy (non-hydrogen) atoms. The minimum atomic E-state index is -0.445. The van der Waals surface area contributed by atoms with Crippen molar-refractivity contribution in [1.29, 1.82) is 0 Å². The van der Waals surface area contributed by atoms with Gasteiger partial charge in [0.1, 0.15) is 23.7 Å². The lowest BCUT2D eigenvalue weighted by atomic mass is 10.0. The van der Waals surface area contributed by atoms with Crippen LogP contribution in [-0.4, -0.2) is 18.1 Å². The molecule has 0 unspecified atom stereocenters. The molecule has 0 atom stereocenters. The van der Waals surface area contributed by atoms with Gasteiger partial charge in [-0.3, -0.25) is 14.9 Å². The summed E-state index contributed by atoms with van der Waals surface area (Å²) in [4.78, 5) is 23.7. The Labute approximate surface area is 194 Å². The summed E-state index contributed by atoms with van der Waals surface area (Å²) in [5.74, 6) is 2.29. The summed E-state index contributed by atoms with van der Waals surface area (Å²) in [6.45, 7) is 3.13. The lowest BCUT2D eigenvalue weighted by Gasteiger charge is -2.12. The highest BCUT2D eigenvalue weighted by Gasteiger charge is 2.18. The van der Waals surface area contributed by atoms with Gasteiger partial charge in [-0.25, -0.2) is 0 Å². The smallest absolute Gasteiger partial charge is 0.269 e. The maximum Gasteiger partial charge on any atom is 0.269 e. The fourth-order valence-electron chi connectivity index (χ4n) is 3.91. The number of nitro groups is 1. The van der Waals surface area contributed by atoms with E-state index in [2.05, 4.69) is 0 Å². The number of nitrogens with zero attached hydrogens (tertiary/aromatic N) is 1. The molecular weight excluding hydrogens is 438 g/mol. The second kappa shape index (κ2) is 8.90. The van der Waals surface area contributed by atoms with Crippen LogP contribution in [0.25, 0.3) is 22.1 Å². The molecule has 0 saturated carbocycles. The van der Waals surface area contributed by atoms with Crippen molar-refractivity contribution in [3.05, 3.63) is 92.3 Å². The molecule has 8 heteroatoms. The van der Waals surface area contributed by atoms with Crippen molar-refractivity contribution < 1.29 is 23.6 Å². The summed E-state index contributed by atoms with van der Waals surface area (Å²) in [6.07, 6.45) is 0.801. The Morgan fingerprint density at radius 3 is 2.50 bits per heavy atom. The van der Waals surface area contributed by atoms with E-state index in [0.29, 0.717) is 58.3 Å². The summed E-state index contributed by atoms with van der Waals surface area (Å²) < 4.78 is 23.3. The molecule has 1 aliphatic rings. The van der Waals surface area contributed by atoms with Crippen LogP contribution in [-0.2, 0) is 6.61 Å². The van der Waals surface area contributed by atoms with Crippen molar-refractivity contribution in [3.8, 4) is 28.4 Å². The normalized spacial score (nSPS) is 12.9. The van der Waals surface area contributed by atoms with Crippen LogP contribution in [0.3, 0.4) is 0 Å². The maximum atomic E-state index is 13.3. The quantitative estimate of drug-likeness (QED) is 0.290. The lowest BCUT2D eigenvalue weighted by Crippen LogP contribution is -2.08. The van der Waals surface area contributed by atoms with Gasteiger partial charge in [-0.1, -0.05) is 6.07 Å². The number of aryl methyl sites for hydroxylation is 1. The van der Waals surface area contributed by atoms with E-state index < -0.39 is 4.92 Å². The molecule has 0 saturated heterocycles. The van der Waals surface area contributed by atoms with E-state index >= 15 is 0 Å². The van der Waals surface area contributed by atoms with Crippen LogP contribution in [0.5, 0.6) is 17.2 Å². The van der Waals surface area contributed by atoms with E-state index in [0.717, 1.165) is 12.0 Å². The molecular formula is C26H21NO7. The third kappa shape index (κ3) is 4.17. The van der Waals surface area contributed by atoms with E-state index in [-0.39, 0.29) is 17.7 Å². The van der Waals surface area contributed by atoms with Crippen molar-refractivity contribution >= 4 is 16.7 Å². The molecule has 1 aliphatic heterocycles. The summed E-state index contributed by atoms with van der Waals surface area (Å²) in [6, 6.07) is 16.7. The van der Waals surface area contributed by atoms with E-state index in [1.54, 1.807) is 37.3 Å². The number of ether oxygens (including phenoxy) is 3. The number of benzene rings is 3. The molecule has 0 fully saturated rings. The summed E-state index contributed by atoms with van der Waals surface area (Å²) in [5, 5.41) is 11.2. The Hall–Kier alpha value is -4.33. The Kier molecular flexibility index (Phi) is 5.63. The van der Waals surface area contributed by atoms with Gasteiger partial charge >= 0.3 is 0 Å². The predicted molar refractivity (Wildman–Crippen MR) is 126 cm³/mol. The summed E-state index contributed by atoms with van der Waals surface area (Å²) in [7, 11) is 0. The minimum absolute atomic E-state index is 0.0241. The van der Waals surface area contributed by atoms with Crippen LogP contribution in [0, 0.1) is 17.0 Å². The fraction of sp³-hybridized carbons (Fsp3) is 0.192. The van der Waals surface area contributed by atoms with Gasteiger partial charge in [0.25, 0.3) is 5.69 Å². The molecule has 172 valence electrons. The molecule has 5 rings (SSSR count). The average molecular weight is 459 g/mol. The zero-order valence-corrected chi connectivity index (χ0v) is 18.4. The van der Waals surface area contributed by atoms with Gasteiger partial charge in [0.05, 0.1) is 29.1 Å². The Balaban J connectivity index is 1.42. The van der Waals surface area contributed by atoms with Crippen LogP contribution in [0.1, 0.15) is 17.7 Å². The number of non-ortho nitro benzene ring substituents is 1. The third-order valence-electron chi connectivity index (χ3n) is 5.63. The first-order valence-electron chi connectivity index (χ1n) is 10.8. The van der Waals surface area contributed by atoms with Crippen LogP contribution in [0.4, 0.5) is 5.69 Å². The second-order valence-corrected chi connectivity index (χ2v) is 7.94. The van der Waals surface area contributed by atoms with Crippen molar-refractivity contribution in [1.82, 2.24) is 0 Å². The van der Waals surface area contributed by atoms with Gasteiger partial charge in [-0.15, -0.1) is 0 Å². The molecule has 0 radical (unpaired) electrons. The van der Waals surface area contributed by atoms with Gasteiger partial charge in [-0.2, -0.15) is 0 Å². The number of hydrogen-bond acceptors (Lipinski definition) is 7. The molecule has 0 N–H and O–H groups in total. The Bertz CT molecular complexity index is 1440. The molecule has 2 heterocycles. The highest BCUT2D eigenvalue weighted by Crippen LogP contribution is 2.35. The van der Waals surface area contributed by atoms with E-state index in [9.17, 15) is 14.9 Å². The molecule has 0 aliphatic carbocycles. The van der Waals surface area contributed by atoms with Gasteiger partial charge in [0, 0.05) is 24.6 Å². The summed E-state index contributed by atoms with van der Waals surface area (Å²) >= 11 is 0. The Morgan fingerprint density at radius 2 is 1.74 bits per heavy atom. The maximum absolute atomic E-state index is 13.3. The van der Waals surface area contributed by atoms with E-state index in [1.165, 1.54) is 12.1 Å². The highest BCUT2D eigenvalue weighted by molar-refractivity contribution is 5.84. The van der Waals surface area contributed by atoms with Crippen LogP contribution in [0.15, 0.2) is 69.9 Å².